The van der Waals surface area contributed by atoms with E-state index < -0.39 is 0 Å². The summed E-state index contributed by atoms with van der Waals surface area (Å²) in [5.41, 5.74) is 6.72. The van der Waals surface area contributed by atoms with Crippen LogP contribution in [0, 0.1) is 23.7 Å². The second-order valence-corrected chi connectivity index (χ2v) is 8.61. The van der Waals surface area contributed by atoms with E-state index >= 15 is 0 Å². The van der Waals surface area contributed by atoms with Gasteiger partial charge in [0.15, 0.2) is 0 Å². The zero-order valence-corrected chi connectivity index (χ0v) is 17.0. The first-order valence-corrected chi connectivity index (χ1v) is 10.7. The SMILES string of the molecule is Nc1nc(Nc2ccccc2)nc(-c2noc(N3CC4C(COCC5CC5)[C@H]4C3)n2)n1. The molecule has 6 rings (SSSR count). The highest BCUT2D eigenvalue weighted by Gasteiger charge is 2.56. The molecule has 10 nitrogen and oxygen atoms in total. The zero-order valence-electron chi connectivity index (χ0n) is 17.0. The van der Waals surface area contributed by atoms with Crippen molar-refractivity contribution in [3.63, 3.8) is 0 Å². The van der Waals surface area contributed by atoms with E-state index in [0.29, 0.717) is 35.5 Å². The summed E-state index contributed by atoms with van der Waals surface area (Å²) in [7, 11) is 0. The third-order valence-electron chi connectivity index (χ3n) is 6.30. The van der Waals surface area contributed by atoms with Gasteiger partial charge in [0.1, 0.15) is 0 Å². The number of rotatable bonds is 8. The van der Waals surface area contributed by atoms with Crippen LogP contribution < -0.4 is 16.0 Å². The maximum atomic E-state index is 5.88. The van der Waals surface area contributed by atoms with Crippen LogP contribution in [0.15, 0.2) is 34.9 Å². The number of hydrogen-bond acceptors (Lipinski definition) is 10. The molecular formula is C21H24N8O2. The number of benzene rings is 1. The van der Waals surface area contributed by atoms with Gasteiger partial charge in [0, 0.05) is 25.4 Å². The first kappa shape index (κ1) is 18.5. The number of ether oxygens (including phenoxy) is 1. The fourth-order valence-corrected chi connectivity index (χ4v) is 4.34. The minimum atomic E-state index is 0.0891. The Hall–Kier alpha value is -3.27. The Morgan fingerprint density at radius 2 is 1.81 bits per heavy atom. The number of nitrogens with two attached hydrogens (primary N) is 1. The third kappa shape index (κ3) is 3.90. The van der Waals surface area contributed by atoms with Gasteiger partial charge in [-0.2, -0.15) is 19.9 Å². The van der Waals surface area contributed by atoms with Crippen molar-refractivity contribution in [1.82, 2.24) is 25.1 Å². The number of nitrogens with one attached hydrogen (secondary N) is 1. The van der Waals surface area contributed by atoms with Gasteiger partial charge in [0.05, 0.1) is 6.61 Å². The Morgan fingerprint density at radius 1 is 1.00 bits per heavy atom. The Morgan fingerprint density at radius 3 is 2.58 bits per heavy atom. The van der Waals surface area contributed by atoms with Crippen molar-refractivity contribution >= 4 is 23.6 Å². The van der Waals surface area contributed by atoms with Gasteiger partial charge in [-0.1, -0.05) is 23.4 Å². The van der Waals surface area contributed by atoms with Crippen LogP contribution in [0.25, 0.3) is 11.6 Å². The Balaban J connectivity index is 1.10. The number of anilines is 4. The Kier molecular flexibility index (Phi) is 4.45. The van der Waals surface area contributed by atoms with E-state index in [4.69, 9.17) is 15.0 Å². The summed E-state index contributed by atoms with van der Waals surface area (Å²) in [5.74, 6) is 3.80. The normalized spacial score (nSPS) is 24.3. The fourth-order valence-electron chi connectivity index (χ4n) is 4.34. The standard InChI is InChI=1S/C21H24N8O2/c22-19-24-17(25-20(27-19)23-13-4-2-1-3-5-13)18-26-21(31-28-18)29-8-14-15(9-29)16(14)11-30-10-12-6-7-12/h1-5,12,14-16H,6-11H2,(H3,22,23,24,25,27)/t14-,15?,16?/m0/s1. The van der Waals surface area contributed by atoms with Crippen LogP contribution in [0.4, 0.5) is 23.6 Å². The highest BCUT2D eigenvalue weighted by Crippen LogP contribution is 2.52. The van der Waals surface area contributed by atoms with E-state index in [0.717, 1.165) is 37.9 Å². The minimum Gasteiger partial charge on any atom is -0.381 e. The average molecular weight is 420 g/mol. The van der Waals surface area contributed by atoms with Crippen molar-refractivity contribution in [2.45, 2.75) is 12.8 Å². The van der Waals surface area contributed by atoms with Crippen molar-refractivity contribution in [2.24, 2.45) is 23.7 Å². The van der Waals surface area contributed by atoms with E-state index in [1.54, 1.807) is 0 Å². The third-order valence-corrected chi connectivity index (χ3v) is 6.30. The monoisotopic (exact) mass is 420 g/mol. The molecule has 3 atom stereocenters. The summed E-state index contributed by atoms with van der Waals surface area (Å²) in [5, 5.41) is 7.18. The molecule has 1 aromatic carbocycles. The highest BCUT2D eigenvalue weighted by molar-refractivity contribution is 5.57. The fraction of sp³-hybridized carbons (Fsp3) is 0.476. The molecule has 2 aliphatic carbocycles. The van der Waals surface area contributed by atoms with Crippen LogP contribution in [0.3, 0.4) is 0 Å². The maximum absolute atomic E-state index is 5.88. The molecule has 0 radical (unpaired) electrons. The van der Waals surface area contributed by atoms with Crippen LogP contribution in [-0.2, 0) is 4.74 Å². The number of nitrogens with zero attached hydrogens (tertiary/aromatic N) is 6. The van der Waals surface area contributed by atoms with Crippen molar-refractivity contribution in [3.8, 4) is 11.6 Å². The van der Waals surface area contributed by atoms with Crippen LogP contribution in [-0.4, -0.2) is 51.4 Å². The van der Waals surface area contributed by atoms with Crippen molar-refractivity contribution < 1.29 is 9.26 Å². The second-order valence-electron chi connectivity index (χ2n) is 8.61. The lowest BCUT2D eigenvalue weighted by Gasteiger charge is -2.16. The molecule has 3 heterocycles. The lowest BCUT2D eigenvalue weighted by Crippen LogP contribution is -2.25. The van der Waals surface area contributed by atoms with E-state index in [9.17, 15) is 0 Å². The molecule has 3 aliphatic rings. The molecule has 2 saturated carbocycles. The number of fused-ring (bicyclic) bond motifs is 1. The summed E-state index contributed by atoms with van der Waals surface area (Å²) in [6, 6.07) is 10.1. The predicted octanol–water partition coefficient (Wildman–Crippen LogP) is 2.36. The van der Waals surface area contributed by atoms with Gasteiger partial charge in [-0.3, -0.25) is 0 Å². The topological polar surface area (TPSA) is 128 Å². The minimum absolute atomic E-state index is 0.0891. The molecule has 2 aromatic heterocycles. The summed E-state index contributed by atoms with van der Waals surface area (Å²) >= 11 is 0. The molecule has 0 bridgehead atoms. The van der Waals surface area contributed by atoms with E-state index in [1.165, 1.54) is 12.8 Å². The van der Waals surface area contributed by atoms with Gasteiger partial charge in [0.25, 0.3) is 0 Å². The molecule has 1 aliphatic heterocycles. The molecule has 160 valence electrons. The number of piperidine rings is 1. The highest BCUT2D eigenvalue weighted by atomic mass is 16.5. The molecule has 3 fully saturated rings. The van der Waals surface area contributed by atoms with Crippen molar-refractivity contribution in [3.05, 3.63) is 30.3 Å². The number of hydrogen-bond donors (Lipinski definition) is 2. The smallest absolute Gasteiger partial charge is 0.324 e. The molecule has 10 heteroatoms. The number of para-hydroxylation sites is 1. The summed E-state index contributed by atoms with van der Waals surface area (Å²) in [6.45, 7) is 3.66. The maximum Gasteiger partial charge on any atom is 0.324 e. The van der Waals surface area contributed by atoms with E-state index in [2.05, 4.69) is 35.3 Å². The summed E-state index contributed by atoms with van der Waals surface area (Å²) in [4.78, 5) is 19.3. The molecule has 0 spiro atoms. The second kappa shape index (κ2) is 7.45. The Labute approximate surface area is 179 Å². The zero-order chi connectivity index (χ0) is 20.8. The molecule has 1 saturated heterocycles. The summed E-state index contributed by atoms with van der Waals surface area (Å²) in [6.07, 6.45) is 2.67. The number of nitrogen functional groups attached to an aromatic ring is 1. The molecule has 0 amide bonds. The van der Waals surface area contributed by atoms with Gasteiger partial charge in [-0.15, -0.1) is 0 Å². The number of aromatic nitrogens is 5. The van der Waals surface area contributed by atoms with Gasteiger partial charge in [-0.05, 0) is 48.6 Å². The van der Waals surface area contributed by atoms with Crippen molar-refractivity contribution in [1.29, 1.82) is 0 Å². The van der Waals surface area contributed by atoms with Gasteiger partial charge < -0.3 is 25.2 Å². The molecule has 31 heavy (non-hydrogen) atoms. The van der Waals surface area contributed by atoms with Crippen LogP contribution in [0.2, 0.25) is 0 Å². The molecule has 3 aromatic rings. The first-order chi connectivity index (χ1) is 15.2. The largest absolute Gasteiger partial charge is 0.381 e. The van der Waals surface area contributed by atoms with Gasteiger partial charge >= 0.3 is 6.01 Å². The molecule has 3 N–H and O–H groups in total. The van der Waals surface area contributed by atoms with E-state index in [1.807, 2.05) is 30.3 Å². The first-order valence-electron chi connectivity index (χ1n) is 10.7. The average Bonchev–Trinajstić information content (AvgIpc) is 3.57. The quantitative estimate of drug-likeness (QED) is 0.560. The predicted molar refractivity (Wildman–Crippen MR) is 113 cm³/mol. The van der Waals surface area contributed by atoms with Crippen LogP contribution in [0.5, 0.6) is 0 Å². The summed E-state index contributed by atoms with van der Waals surface area (Å²) < 4.78 is 11.4. The van der Waals surface area contributed by atoms with E-state index in [-0.39, 0.29) is 11.8 Å². The van der Waals surface area contributed by atoms with Gasteiger partial charge in [-0.25, -0.2) is 0 Å². The Bertz CT molecular complexity index is 1060. The lowest BCUT2D eigenvalue weighted by molar-refractivity contribution is 0.108. The van der Waals surface area contributed by atoms with Crippen LogP contribution >= 0.6 is 0 Å². The molecular weight excluding hydrogens is 396 g/mol. The lowest BCUT2D eigenvalue weighted by atomic mass is 10.3. The van der Waals surface area contributed by atoms with Crippen molar-refractivity contribution in [2.75, 3.05) is 42.3 Å². The molecule has 2 unspecified atom stereocenters. The van der Waals surface area contributed by atoms with Gasteiger partial charge in [0.2, 0.25) is 23.5 Å². The van der Waals surface area contributed by atoms with Crippen LogP contribution in [0.1, 0.15) is 12.8 Å².